The number of hydrogen-bond acceptors (Lipinski definition) is 4. The molecule has 2 aromatic heterocycles. The van der Waals surface area contributed by atoms with E-state index in [0.29, 0.717) is 11.5 Å². The van der Waals surface area contributed by atoms with Gasteiger partial charge in [0.2, 0.25) is 11.8 Å². The average Bonchev–Trinajstić information content (AvgIpc) is 3.05. The lowest BCUT2D eigenvalue weighted by molar-refractivity contribution is -0.117. The van der Waals surface area contributed by atoms with Crippen LogP contribution in [0.4, 0.5) is 5.69 Å². The quantitative estimate of drug-likeness (QED) is 0.693. The van der Waals surface area contributed by atoms with Crippen LogP contribution in [-0.4, -0.2) is 26.4 Å². The molecule has 7 heteroatoms. The summed E-state index contributed by atoms with van der Waals surface area (Å²) in [5.41, 5.74) is 2.31. The van der Waals surface area contributed by atoms with E-state index < -0.39 is 0 Å². The largest absolute Gasteiger partial charge is 0.343 e. The Kier molecular flexibility index (Phi) is 5.07. The van der Waals surface area contributed by atoms with Crippen LogP contribution in [-0.2, 0) is 9.59 Å². The minimum Gasteiger partial charge on any atom is -0.343 e. The summed E-state index contributed by atoms with van der Waals surface area (Å²) in [7, 11) is 0. The fourth-order valence-electron chi connectivity index (χ4n) is 2.53. The van der Waals surface area contributed by atoms with Gasteiger partial charge in [-0.15, -0.1) is 10.2 Å². The van der Waals surface area contributed by atoms with E-state index in [9.17, 15) is 9.59 Å². The molecule has 0 fully saturated rings. The molecule has 0 bridgehead atoms. The Morgan fingerprint density at radius 1 is 1.12 bits per heavy atom. The monoisotopic (exact) mass is 349 g/mol. The van der Waals surface area contributed by atoms with Gasteiger partial charge in [0.1, 0.15) is 0 Å². The smallest absolute Gasteiger partial charge is 0.244 e. The van der Waals surface area contributed by atoms with E-state index in [0.717, 1.165) is 11.2 Å². The summed E-state index contributed by atoms with van der Waals surface area (Å²) in [5.74, 6) is 0.320. The van der Waals surface area contributed by atoms with Crippen molar-refractivity contribution in [2.45, 2.75) is 19.9 Å². The van der Waals surface area contributed by atoms with E-state index in [-0.39, 0.29) is 17.9 Å². The number of anilines is 1. The Morgan fingerprint density at radius 2 is 1.88 bits per heavy atom. The fourth-order valence-corrected chi connectivity index (χ4v) is 2.53. The van der Waals surface area contributed by atoms with Gasteiger partial charge in [0.05, 0.1) is 6.04 Å². The second kappa shape index (κ2) is 7.60. The number of carbonyl (C=O) groups excluding carboxylic acids is 2. The van der Waals surface area contributed by atoms with Gasteiger partial charge < -0.3 is 10.6 Å². The van der Waals surface area contributed by atoms with E-state index in [2.05, 4.69) is 20.8 Å². The van der Waals surface area contributed by atoms with Crippen LogP contribution in [0.5, 0.6) is 0 Å². The van der Waals surface area contributed by atoms with Crippen molar-refractivity contribution in [1.82, 2.24) is 19.9 Å². The molecule has 1 aromatic carbocycles. The zero-order chi connectivity index (χ0) is 18.5. The Balaban J connectivity index is 1.62. The summed E-state index contributed by atoms with van der Waals surface area (Å²) >= 11 is 0. The molecular formula is C19H19N5O2. The predicted octanol–water partition coefficient (Wildman–Crippen LogP) is 2.58. The molecule has 7 nitrogen and oxygen atoms in total. The van der Waals surface area contributed by atoms with Gasteiger partial charge in [0.15, 0.2) is 11.5 Å². The van der Waals surface area contributed by atoms with Gasteiger partial charge in [-0.2, -0.15) is 0 Å². The zero-order valence-corrected chi connectivity index (χ0v) is 14.5. The second-order valence-corrected chi connectivity index (χ2v) is 5.85. The summed E-state index contributed by atoms with van der Waals surface area (Å²) in [6, 6.07) is 12.6. The molecule has 26 heavy (non-hydrogen) atoms. The molecule has 0 saturated carbocycles. The number of carbonyl (C=O) groups is 2. The summed E-state index contributed by atoms with van der Waals surface area (Å²) < 4.78 is 1.84. The van der Waals surface area contributed by atoms with Gasteiger partial charge in [-0.1, -0.05) is 18.2 Å². The van der Waals surface area contributed by atoms with Crippen LogP contribution in [0.1, 0.15) is 31.3 Å². The number of hydrogen-bond donors (Lipinski definition) is 2. The van der Waals surface area contributed by atoms with E-state index in [1.807, 2.05) is 47.9 Å². The van der Waals surface area contributed by atoms with Crippen LogP contribution in [0.3, 0.4) is 0 Å². The maximum Gasteiger partial charge on any atom is 0.244 e. The minimum absolute atomic E-state index is 0.123. The summed E-state index contributed by atoms with van der Waals surface area (Å²) in [4.78, 5) is 23.2. The van der Waals surface area contributed by atoms with Crippen molar-refractivity contribution in [1.29, 1.82) is 0 Å². The van der Waals surface area contributed by atoms with Crippen LogP contribution >= 0.6 is 0 Å². The SMILES string of the molecule is CC(=O)Nc1ccc(/C=C/C(=O)NC(C)c2nnc3ccccn23)cc1. The molecule has 3 rings (SSSR count). The Bertz CT molecular complexity index is 959. The molecule has 0 saturated heterocycles. The number of nitrogens with one attached hydrogen (secondary N) is 2. The van der Waals surface area contributed by atoms with E-state index >= 15 is 0 Å². The number of nitrogens with zero attached hydrogens (tertiary/aromatic N) is 3. The molecule has 0 aliphatic rings. The summed E-state index contributed by atoms with van der Waals surface area (Å²) in [6.45, 7) is 3.31. The molecule has 0 aliphatic carbocycles. The number of rotatable bonds is 5. The third kappa shape index (κ3) is 4.13. The number of pyridine rings is 1. The Morgan fingerprint density at radius 3 is 2.62 bits per heavy atom. The third-order valence-corrected chi connectivity index (χ3v) is 3.74. The number of fused-ring (bicyclic) bond motifs is 1. The van der Waals surface area contributed by atoms with Crippen molar-refractivity contribution in [2.24, 2.45) is 0 Å². The molecule has 2 heterocycles. The van der Waals surface area contributed by atoms with Crippen molar-refractivity contribution in [3.05, 3.63) is 66.1 Å². The van der Waals surface area contributed by atoms with Crippen LogP contribution in [0, 0.1) is 0 Å². The minimum atomic E-state index is -0.285. The highest BCUT2D eigenvalue weighted by Crippen LogP contribution is 2.13. The molecule has 3 aromatic rings. The molecule has 1 unspecified atom stereocenters. The number of benzene rings is 1. The van der Waals surface area contributed by atoms with Gasteiger partial charge >= 0.3 is 0 Å². The zero-order valence-electron chi connectivity index (χ0n) is 14.5. The second-order valence-electron chi connectivity index (χ2n) is 5.85. The first-order valence-electron chi connectivity index (χ1n) is 8.19. The van der Waals surface area contributed by atoms with Gasteiger partial charge in [-0.05, 0) is 42.8 Å². The Labute approximate surface area is 150 Å². The van der Waals surface area contributed by atoms with Crippen LogP contribution in [0.2, 0.25) is 0 Å². The normalized spacial score (nSPS) is 12.2. The van der Waals surface area contributed by atoms with Crippen molar-refractivity contribution in [2.75, 3.05) is 5.32 Å². The molecular weight excluding hydrogens is 330 g/mol. The molecule has 2 N–H and O–H groups in total. The molecule has 0 radical (unpaired) electrons. The molecule has 0 spiro atoms. The first-order chi connectivity index (χ1) is 12.5. The lowest BCUT2D eigenvalue weighted by atomic mass is 10.2. The first kappa shape index (κ1) is 17.3. The average molecular weight is 349 g/mol. The highest BCUT2D eigenvalue weighted by atomic mass is 16.2. The lowest BCUT2D eigenvalue weighted by Crippen LogP contribution is -2.26. The topological polar surface area (TPSA) is 88.4 Å². The van der Waals surface area contributed by atoms with Crippen molar-refractivity contribution in [3.8, 4) is 0 Å². The maximum atomic E-state index is 12.2. The standard InChI is InChI=1S/C19H19N5O2/c1-13(19-23-22-17-5-3-4-12-24(17)19)20-18(26)11-8-15-6-9-16(10-7-15)21-14(2)25/h3-13H,1-2H3,(H,20,26)(H,21,25)/b11-8+. The van der Waals surface area contributed by atoms with Crippen LogP contribution in [0.15, 0.2) is 54.7 Å². The highest BCUT2D eigenvalue weighted by molar-refractivity contribution is 5.92. The van der Waals surface area contributed by atoms with Crippen molar-refractivity contribution < 1.29 is 9.59 Å². The molecule has 2 amide bonds. The van der Waals surface area contributed by atoms with Gasteiger partial charge in [0.25, 0.3) is 0 Å². The molecule has 0 aliphatic heterocycles. The highest BCUT2D eigenvalue weighted by Gasteiger charge is 2.14. The van der Waals surface area contributed by atoms with Gasteiger partial charge in [-0.25, -0.2) is 0 Å². The third-order valence-electron chi connectivity index (χ3n) is 3.74. The van der Waals surface area contributed by atoms with E-state index in [4.69, 9.17) is 0 Å². The summed E-state index contributed by atoms with van der Waals surface area (Å²) in [5, 5.41) is 13.8. The van der Waals surface area contributed by atoms with Crippen LogP contribution < -0.4 is 10.6 Å². The first-order valence-corrected chi connectivity index (χ1v) is 8.19. The van der Waals surface area contributed by atoms with Crippen molar-refractivity contribution >= 4 is 29.2 Å². The van der Waals surface area contributed by atoms with Gasteiger partial charge in [-0.3, -0.25) is 14.0 Å². The lowest BCUT2D eigenvalue weighted by Gasteiger charge is -2.10. The van der Waals surface area contributed by atoms with Gasteiger partial charge in [0, 0.05) is 24.9 Å². The Hall–Kier alpha value is -3.48. The van der Waals surface area contributed by atoms with Crippen LogP contribution in [0.25, 0.3) is 11.7 Å². The predicted molar refractivity (Wildman–Crippen MR) is 99.3 cm³/mol. The maximum absolute atomic E-state index is 12.2. The number of aromatic nitrogens is 3. The molecule has 132 valence electrons. The molecule has 1 atom stereocenters. The van der Waals surface area contributed by atoms with E-state index in [1.165, 1.54) is 13.0 Å². The summed E-state index contributed by atoms with van der Waals surface area (Å²) in [6.07, 6.45) is 5.04. The fraction of sp³-hybridized carbons (Fsp3) is 0.158. The van der Waals surface area contributed by atoms with Crippen molar-refractivity contribution in [3.63, 3.8) is 0 Å². The van der Waals surface area contributed by atoms with E-state index in [1.54, 1.807) is 18.2 Å². The number of amides is 2.